The molecule has 0 aliphatic carbocycles. The van der Waals surface area contributed by atoms with Gasteiger partial charge in [-0.25, -0.2) is 0 Å². The highest BCUT2D eigenvalue weighted by atomic mass is 79.9. The SMILES string of the molecule is O=C(Cc1ccc(Br)cc1)NCc1ccc(NC(=O)c2cccnc2)cc1. The number of anilines is 1. The molecule has 0 spiro atoms. The van der Waals surface area contributed by atoms with Crippen LogP contribution in [0.4, 0.5) is 5.69 Å². The van der Waals surface area contributed by atoms with E-state index in [1.807, 2.05) is 48.5 Å². The summed E-state index contributed by atoms with van der Waals surface area (Å²) in [6.07, 6.45) is 3.48. The lowest BCUT2D eigenvalue weighted by Gasteiger charge is -2.08. The number of hydrogen-bond acceptors (Lipinski definition) is 3. The van der Waals surface area contributed by atoms with Gasteiger partial charge >= 0.3 is 0 Å². The van der Waals surface area contributed by atoms with Crippen molar-refractivity contribution in [3.8, 4) is 0 Å². The Hall–Kier alpha value is -2.99. The first-order chi connectivity index (χ1) is 13.1. The average molecular weight is 424 g/mol. The molecule has 136 valence electrons. The number of carbonyl (C=O) groups excluding carboxylic acids is 2. The number of benzene rings is 2. The van der Waals surface area contributed by atoms with Crippen LogP contribution in [0.3, 0.4) is 0 Å². The Bertz CT molecular complexity index is 910. The maximum Gasteiger partial charge on any atom is 0.257 e. The van der Waals surface area contributed by atoms with Crippen LogP contribution in [0.5, 0.6) is 0 Å². The van der Waals surface area contributed by atoms with Gasteiger partial charge in [-0.05, 0) is 47.5 Å². The van der Waals surface area contributed by atoms with Gasteiger partial charge in [0.1, 0.15) is 0 Å². The van der Waals surface area contributed by atoms with E-state index in [2.05, 4.69) is 31.5 Å². The number of nitrogens with one attached hydrogen (secondary N) is 2. The van der Waals surface area contributed by atoms with Crippen molar-refractivity contribution in [2.45, 2.75) is 13.0 Å². The lowest BCUT2D eigenvalue weighted by molar-refractivity contribution is -0.120. The van der Waals surface area contributed by atoms with Crippen molar-refractivity contribution in [1.29, 1.82) is 0 Å². The third-order valence-corrected chi connectivity index (χ3v) is 4.43. The topological polar surface area (TPSA) is 71.1 Å². The summed E-state index contributed by atoms with van der Waals surface area (Å²) in [5, 5.41) is 5.72. The van der Waals surface area contributed by atoms with Gasteiger partial charge in [-0.3, -0.25) is 14.6 Å². The molecule has 0 saturated heterocycles. The van der Waals surface area contributed by atoms with E-state index in [1.165, 1.54) is 6.20 Å². The number of halogens is 1. The smallest absolute Gasteiger partial charge is 0.257 e. The second-order valence-corrected chi connectivity index (χ2v) is 6.89. The highest BCUT2D eigenvalue weighted by Crippen LogP contribution is 2.12. The van der Waals surface area contributed by atoms with E-state index in [0.717, 1.165) is 15.6 Å². The van der Waals surface area contributed by atoms with Gasteiger partial charge in [0.2, 0.25) is 5.91 Å². The van der Waals surface area contributed by atoms with Crippen LogP contribution in [0.25, 0.3) is 0 Å². The van der Waals surface area contributed by atoms with Crippen LogP contribution in [-0.2, 0) is 17.8 Å². The van der Waals surface area contributed by atoms with Gasteiger partial charge < -0.3 is 10.6 Å². The molecule has 0 bridgehead atoms. The summed E-state index contributed by atoms with van der Waals surface area (Å²) in [7, 11) is 0. The van der Waals surface area contributed by atoms with Crippen LogP contribution in [0.15, 0.2) is 77.5 Å². The zero-order chi connectivity index (χ0) is 19.1. The number of nitrogens with zero attached hydrogens (tertiary/aromatic N) is 1. The molecule has 2 N–H and O–H groups in total. The van der Waals surface area contributed by atoms with Crippen LogP contribution in [0.1, 0.15) is 21.5 Å². The van der Waals surface area contributed by atoms with Crippen molar-refractivity contribution >= 4 is 33.4 Å². The van der Waals surface area contributed by atoms with Crippen molar-refractivity contribution in [2.75, 3.05) is 5.32 Å². The van der Waals surface area contributed by atoms with Gasteiger partial charge in [0.15, 0.2) is 0 Å². The summed E-state index contributed by atoms with van der Waals surface area (Å²) in [4.78, 5) is 28.1. The van der Waals surface area contributed by atoms with E-state index >= 15 is 0 Å². The van der Waals surface area contributed by atoms with Crippen molar-refractivity contribution < 1.29 is 9.59 Å². The minimum Gasteiger partial charge on any atom is -0.352 e. The van der Waals surface area contributed by atoms with Crippen molar-refractivity contribution in [3.05, 3.63) is 94.2 Å². The Balaban J connectivity index is 1.49. The molecule has 27 heavy (non-hydrogen) atoms. The summed E-state index contributed by atoms with van der Waals surface area (Å²) in [6.45, 7) is 0.437. The van der Waals surface area contributed by atoms with Gasteiger partial charge in [0.05, 0.1) is 12.0 Å². The molecule has 0 unspecified atom stereocenters. The lowest BCUT2D eigenvalue weighted by atomic mass is 10.1. The van der Waals surface area contributed by atoms with Crippen molar-refractivity contribution in [2.24, 2.45) is 0 Å². The van der Waals surface area contributed by atoms with Crippen LogP contribution < -0.4 is 10.6 Å². The van der Waals surface area contributed by atoms with E-state index in [1.54, 1.807) is 18.3 Å². The molecule has 0 aliphatic heterocycles. The Morgan fingerprint density at radius 1 is 0.926 bits per heavy atom. The number of amides is 2. The number of rotatable bonds is 6. The van der Waals surface area contributed by atoms with Gasteiger partial charge in [-0.2, -0.15) is 0 Å². The molecular weight excluding hydrogens is 406 g/mol. The molecule has 0 saturated carbocycles. The fourth-order valence-electron chi connectivity index (χ4n) is 2.46. The van der Waals surface area contributed by atoms with E-state index in [0.29, 0.717) is 24.2 Å². The molecule has 2 aromatic carbocycles. The molecule has 1 heterocycles. The minimum absolute atomic E-state index is 0.0359. The van der Waals surface area contributed by atoms with Crippen LogP contribution in [-0.4, -0.2) is 16.8 Å². The first-order valence-electron chi connectivity index (χ1n) is 8.41. The molecule has 5 nitrogen and oxygen atoms in total. The highest BCUT2D eigenvalue weighted by molar-refractivity contribution is 9.10. The normalized spacial score (nSPS) is 10.3. The molecule has 3 aromatic rings. The van der Waals surface area contributed by atoms with Crippen molar-refractivity contribution in [3.63, 3.8) is 0 Å². The van der Waals surface area contributed by atoms with E-state index in [4.69, 9.17) is 0 Å². The zero-order valence-electron chi connectivity index (χ0n) is 14.5. The quantitative estimate of drug-likeness (QED) is 0.630. The van der Waals surface area contributed by atoms with Crippen LogP contribution in [0.2, 0.25) is 0 Å². The summed E-state index contributed by atoms with van der Waals surface area (Å²) < 4.78 is 0.988. The molecule has 0 aliphatic rings. The Kier molecular flexibility index (Phi) is 6.33. The average Bonchev–Trinajstić information content (AvgIpc) is 2.70. The Morgan fingerprint density at radius 3 is 2.30 bits per heavy atom. The number of pyridine rings is 1. The molecule has 0 radical (unpaired) electrons. The summed E-state index contributed by atoms with van der Waals surface area (Å²) in [5.41, 5.74) is 3.11. The standard InChI is InChI=1S/C21H18BrN3O2/c22-18-7-3-15(4-8-18)12-20(26)24-13-16-5-9-19(10-6-16)25-21(27)17-2-1-11-23-14-17/h1-11,14H,12-13H2,(H,24,26)(H,25,27). The number of hydrogen-bond donors (Lipinski definition) is 2. The van der Waals surface area contributed by atoms with E-state index in [9.17, 15) is 9.59 Å². The number of aromatic nitrogens is 1. The summed E-state index contributed by atoms with van der Waals surface area (Å²) in [6, 6.07) is 18.5. The lowest BCUT2D eigenvalue weighted by Crippen LogP contribution is -2.24. The second kappa shape index (κ2) is 9.09. The predicted molar refractivity (Wildman–Crippen MR) is 108 cm³/mol. The maximum atomic E-state index is 12.1. The largest absolute Gasteiger partial charge is 0.352 e. The Morgan fingerprint density at radius 2 is 1.63 bits per heavy atom. The van der Waals surface area contributed by atoms with E-state index < -0.39 is 0 Å². The third-order valence-electron chi connectivity index (χ3n) is 3.90. The molecular formula is C21H18BrN3O2. The molecule has 0 atom stereocenters. The molecule has 1 aromatic heterocycles. The zero-order valence-corrected chi connectivity index (χ0v) is 16.1. The van der Waals surface area contributed by atoms with Gasteiger partial charge in [-0.15, -0.1) is 0 Å². The minimum atomic E-state index is -0.210. The number of carbonyl (C=O) groups is 2. The second-order valence-electron chi connectivity index (χ2n) is 5.97. The molecule has 6 heteroatoms. The summed E-state index contributed by atoms with van der Waals surface area (Å²) >= 11 is 3.38. The highest BCUT2D eigenvalue weighted by Gasteiger charge is 2.06. The van der Waals surface area contributed by atoms with Gasteiger partial charge in [-0.1, -0.05) is 40.2 Å². The first kappa shape index (κ1) is 18.8. The van der Waals surface area contributed by atoms with Crippen molar-refractivity contribution in [1.82, 2.24) is 10.3 Å². The third kappa shape index (κ3) is 5.76. The molecule has 3 rings (SSSR count). The molecule has 0 fully saturated rings. The van der Waals surface area contributed by atoms with Crippen LogP contribution in [0, 0.1) is 0 Å². The van der Waals surface area contributed by atoms with E-state index in [-0.39, 0.29) is 11.8 Å². The monoisotopic (exact) mass is 423 g/mol. The van der Waals surface area contributed by atoms with Gasteiger partial charge in [0, 0.05) is 29.1 Å². The maximum absolute atomic E-state index is 12.1. The molecule has 2 amide bonds. The fourth-order valence-corrected chi connectivity index (χ4v) is 2.72. The first-order valence-corrected chi connectivity index (χ1v) is 9.21. The summed E-state index contributed by atoms with van der Waals surface area (Å²) in [5.74, 6) is -0.245. The predicted octanol–water partition coefficient (Wildman–Crippen LogP) is 3.96. The van der Waals surface area contributed by atoms with Crippen LogP contribution >= 0.6 is 15.9 Å². The van der Waals surface area contributed by atoms with Gasteiger partial charge in [0.25, 0.3) is 5.91 Å². The Labute approximate surface area is 166 Å². The fraction of sp³-hybridized carbons (Fsp3) is 0.0952.